The van der Waals surface area contributed by atoms with E-state index >= 15 is 0 Å². The number of hydrogen-bond donors (Lipinski definition) is 2. The van der Waals surface area contributed by atoms with Gasteiger partial charge < -0.3 is 10.4 Å². The second-order valence-corrected chi connectivity index (χ2v) is 7.42. The lowest BCUT2D eigenvalue weighted by atomic mass is 9.86. The second kappa shape index (κ2) is 5.92. The lowest BCUT2D eigenvalue weighted by Crippen LogP contribution is -2.53. The van der Waals surface area contributed by atoms with Gasteiger partial charge in [0.15, 0.2) is 0 Å². The number of carboxylic acids is 1. The monoisotopic (exact) mass is 302 g/mol. The highest BCUT2D eigenvalue weighted by molar-refractivity contribution is 5.88. The van der Waals surface area contributed by atoms with Crippen molar-refractivity contribution in [3.63, 3.8) is 0 Å². The summed E-state index contributed by atoms with van der Waals surface area (Å²) in [6.07, 6.45) is 5.09. The Morgan fingerprint density at radius 3 is 2.50 bits per heavy atom. The van der Waals surface area contributed by atoms with E-state index < -0.39 is 5.97 Å². The lowest BCUT2D eigenvalue weighted by Gasteiger charge is -2.46. The van der Waals surface area contributed by atoms with Gasteiger partial charge in [0.05, 0.1) is 5.56 Å². The fourth-order valence-corrected chi connectivity index (χ4v) is 3.47. The maximum Gasteiger partial charge on any atom is 0.335 e. The SMILES string of the molecule is CC1(C)CC(Nc2ccc(C(=O)O)cc2)CCN1CC1CC1. The molecule has 1 saturated heterocycles. The van der Waals surface area contributed by atoms with Crippen molar-refractivity contribution in [1.29, 1.82) is 0 Å². The molecule has 1 saturated carbocycles. The van der Waals surface area contributed by atoms with Crippen LogP contribution < -0.4 is 5.32 Å². The van der Waals surface area contributed by atoms with E-state index in [9.17, 15) is 4.79 Å². The van der Waals surface area contributed by atoms with Crippen molar-refractivity contribution >= 4 is 11.7 Å². The third-order valence-electron chi connectivity index (χ3n) is 5.03. The first kappa shape index (κ1) is 15.3. The third-order valence-corrected chi connectivity index (χ3v) is 5.03. The van der Waals surface area contributed by atoms with E-state index in [1.165, 1.54) is 19.4 Å². The molecule has 1 aliphatic heterocycles. The molecule has 2 aliphatic rings. The van der Waals surface area contributed by atoms with Crippen molar-refractivity contribution in [2.75, 3.05) is 18.4 Å². The molecule has 1 atom stereocenters. The molecule has 1 heterocycles. The van der Waals surface area contributed by atoms with E-state index in [-0.39, 0.29) is 5.54 Å². The summed E-state index contributed by atoms with van der Waals surface area (Å²) < 4.78 is 0. The standard InChI is InChI=1S/C18H26N2O2/c1-18(2)11-16(9-10-20(18)12-13-3-4-13)19-15-7-5-14(6-8-15)17(21)22/h5-8,13,16,19H,3-4,9-12H2,1-2H3,(H,21,22). The van der Waals surface area contributed by atoms with Gasteiger partial charge in [-0.05, 0) is 69.7 Å². The quantitative estimate of drug-likeness (QED) is 0.874. The van der Waals surface area contributed by atoms with Gasteiger partial charge in [0.2, 0.25) is 0 Å². The zero-order chi connectivity index (χ0) is 15.7. The van der Waals surface area contributed by atoms with Crippen molar-refractivity contribution in [2.45, 2.75) is 51.1 Å². The fourth-order valence-electron chi connectivity index (χ4n) is 3.47. The second-order valence-electron chi connectivity index (χ2n) is 7.42. The summed E-state index contributed by atoms with van der Waals surface area (Å²) in [6, 6.07) is 7.52. The minimum atomic E-state index is -0.874. The van der Waals surface area contributed by atoms with Crippen molar-refractivity contribution < 1.29 is 9.90 Å². The van der Waals surface area contributed by atoms with Crippen LogP contribution in [0.15, 0.2) is 24.3 Å². The average molecular weight is 302 g/mol. The van der Waals surface area contributed by atoms with Gasteiger partial charge in [-0.2, -0.15) is 0 Å². The number of carboxylic acid groups (broad SMARTS) is 1. The summed E-state index contributed by atoms with van der Waals surface area (Å²) in [6.45, 7) is 7.09. The zero-order valence-corrected chi connectivity index (χ0v) is 13.5. The van der Waals surface area contributed by atoms with Gasteiger partial charge in [-0.15, -0.1) is 0 Å². The number of carbonyl (C=O) groups is 1. The van der Waals surface area contributed by atoms with Crippen molar-refractivity contribution in [1.82, 2.24) is 4.90 Å². The molecule has 1 unspecified atom stereocenters. The van der Waals surface area contributed by atoms with Gasteiger partial charge in [0.1, 0.15) is 0 Å². The normalized spacial score (nSPS) is 24.9. The Kier molecular flexibility index (Phi) is 4.13. The number of likely N-dealkylation sites (tertiary alicyclic amines) is 1. The van der Waals surface area contributed by atoms with Gasteiger partial charge >= 0.3 is 5.97 Å². The van der Waals surface area contributed by atoms with Gasteiger partial charge in [-0.25, -0.2) is 4.79 Å². The summed E-state index contributed by atoms with van der Waals surface area (Å²) in [7, 11) is 0. The largest absolute Gasteiger partial charge is 0.478 e. The molecular formula is C18H26N2O2. The van der Waals surface area contributed by atoms with Crippen LogP contribution in [0.25, 0.3) is 0 Å². The summed E-state index contributed by atoms with van der Waals surface area (Å²) >= 11 is 0. The van der Waals surface area contributed by atoms with Crippen LogP contribution in [0.1, 0.15) is 49.9 Å². The highest BCUT2D eigenvalue weighted by Crippen LogP contribution is 2.36. The van der Waals surface area contributed by atoms with Crippen LogP contribution in [0.5, 0.6) is 0 Å². The number of piperidine rings is 1. The fraction of sp³-hybridized carbons (Fsp3) is 0.611. The van der Waals surface area contributed by atoms with E-state index in [1.807, 2.05) is 12.1 Å². The predicted octanol–water partition coefficient (Wildman–Crippen LogP) is 3.45. The molecule has 0 bridgehead atoms. The first-order chi connectivity index (χ1) is 10.4. The van der Waals surface area contributed by atoms with Gasteiger partial charge in [0, 0.05) is 30.4 Å². The first-order valence-corrected chi connectivity index (χ1v) is 8.29. The number of rotatable bonds is 5. The van der Waals surface area contributed by atoms with Gasteiger partial charge in [0.25, 0.3) is 0 Å². The van der Waals surface area contributed by atoms with Crippen molar-refractivity contribution in [3.05, 3.63) is 29.8 Å². The van der Waals surface area contributed by atoms with E-state index in [4.69, 9.17) is 5.11 Å². The molecule has 3 rings (SSSR count). The molecule has 2 N–H and O–H groups in total. The van der Waals surface area contributed by atoms with E-state index in [0.29, 0.717) is 11.6 Å². The Balaban J connectivity index is 1.58. The third kappa shape index (κ3) is 3.61. The van der Waals surface area contributed by atoms with Gasteiger partial charge in [-0.3, -0.25) is 4.90 Å². The number of hydrogen-bond acceptors (Lipinski definition) is 3. The van der Waals surface area contributed by atoms with E-state index in [0.717, 1.165) is 31.0 Å². The molecule has 4 nitrogen and oxygen atoms in total. The van der Waals surface area contributed by atoms with Crippen LogP contribution in [0.4, 0.5) is 5.69 Å². The highest BCUT2D eigenvalue weighted by atomic mass is 16.4. The van der Waals surface area contributed by atoms with Crippen LogP contribution in [-0.2, 0) is 0 Å². The Morgan fingerprint density at radius 1 is 1.27 bits per heavy atom. The van der Waals surface area contributed by atoms with Crippen LogP contribution >= 0.6 is 0 Å². The van der Waals surface area contributed by atoms with Crippen molar-refractivity contribution in [2.24, 2.45) is 5.92 Å². The maximum absolute atomic E-state index is 10.9. The highest BCUT2D eigenvalue weighted by Gasteiger charge is 2.37. The molecule has 1 aromatic rings. The summed E-state index contributed by atoms with van der Waals surface area (Å²) in [4.78, 5) is 13.5. The van der Waals surface area contributed by atoms with Gasteiger partial charge in [-0.1, -0.05) is 0 Å². The molecule has 0 amide bonds. The Morgan fingerprint density at radius 2 is 1.95 bits per heavy atom. The van der Waals surface area contributed by atoms with Crippen LogP contribution in [0.3, 0.4) is 0 Å². The Labute approximate surface area is 132 Å². The van der Waals surface area contributed by atoms with E-state index in [1.54, 1.807) is 12.1 Å². The maximum atomic E-state index is 10.9. The summed E-state index contributed by atoms with van der Waals surface area (Å²) in [5.41, 5.74) is 1.59. The van der Waals surface area contributed by atoms with Crippen molar-refractivity contribution in [3.8, 4) is 0 Å². The minimum Gasteiger partial charge on any atom is -0.478 e. The zero-order valence-electron chi connectivity index (χ0n) is 13.5. The Bertz CT molecular complexity index is 535. The smallest absolute Gasteiger partial charge is 0.335 e. The number of benzene rings is 1. The number of nitrogens with zero attached hydrogens (tertiary/aromatic N) is 1. The average Bonchev–Trinajstić information content (AvgIpc) is 3.26. The molecule has 4 heteroatoms. The molecular weight excluding hydrogens is 276 g/mol. The summed E-state index contributed by atoms with van der Waals surface area (Å²) in [5, 5.41) is 12.5. The van der Waals surface area contributed by atoms with E-state index in [2.05, 4.69) is 24.1 Å². The lowest BCUT2D eigenvalue weighted by molar-refractivity contribution is 0.0660. The molecule has 0 spiro atoms. The molecule has 2 fully saturated rings. The minimum absolute atomic E-state index is 0.236. The predicted molar refractivity (Wildman–Crippen MR) is 88.4 cm³/mol. The van der Waals surface area contributed by atoms with Crippen LogP contribution in [-0.4, -0.2) is 40.6 Å². The Hall–Kier alpha value is -1.55. The number of aromatic carboxylic acids is 1. The molecule has 120 valence electrons. The molecule has 1 aromatic carbocycles. The van der Waals surface area contributed by atoms with Crippen LogP contribution in [0.2, 0.25) is 0 Å². The summed E-state index contributed by atoms with van der Waals surface area (Å²) in [5.74, 6) is 0.0633. The number of nitrogens with one attached hydrogen (secondary N) is 1. The molecule has 22 heavy (non-hydrogen) atoms. The topological polar surface area (TPSA) is 52.6 Å². The first-order valence-electron chi connectivity index (χ1n) is 8.29. The van der Waals surface area contributed by atoms with Crippen LogP contribution in [0, 0.1) is 5.92 Å². The molecule has 1 aliphatic carbocycles. The number of anilines is 1. The molecule has 0 radical (unpaired) electrons. The molecule has 0 aromatic heterocycles.